The van der Waals surface area contributed by atoms with E-state index >= 15 is 0 Å². The second-order valence-corrected chi connectivity index (χ2v) is 3.59. The summed E-state index contributed by atoms with van der Waals surface area (Å²) in [5.41, 5.74) is 6.42. The van der Waals surface area contributed by atoms with E-state index in [9.17, 15) is 4.79 Å². The number of ether oxygens (including phenoxy) is 1. The Kier molecular flexibility index (Phi) is 6.24. The van der Waals surface area contributed by atoms with Crippen LogP contribution in [0.1, 0.15) is 6.42 Å². The Hall–Kier alpha value is -1.43. The van der Waals surface area contributed by atoms with Crippen LogP contribution >= 0.6 is 0 Å². The lowest BCUT2D eigenvalue weighted by atomic mass is 10.2. The Bertz CT molecular complexity index is 330. The van der Waals surface area contributed by atoms with E-state index in [2.05, 4.69) is 5.32 Å². The van der Waals surface area contributed by atoms with Crippen molar-refractivity contribution in [2.45, 2.75) is 12.5 Å². The van der Waals surface area contributed by atoms with Crippen molar-refractivity contribution in [1.82, 2.24) is 0 Å². The van der Waals surface area contributed by atoms with Gasteiger partial charge in [-0.3, -0.25) is 4.79 Å². The van der Waals surface area contributed by atoms with Gasteiger partial charge in [0, 0.05) is 12.3 Å². The summed E-state index contributed by atoms with van der Waals surface area (Å²) in [5, 5.41) is 11.2. The van der Waals surface area contributed by atoms with Crippen LogP contribution in [0.2, 0.25) is 0 Å². The first-order chi connectivity index (χ1) is 8.24. The first kappa shape index (κ1) is 13.6. The van der Waals surface area contributed by atoms with Gasteiger partial charge in [0.05, 0.1) is 19.3 Å². The highest BCUT2D eigenvalue weighted by Gasteiger charge is 2.12. The maximum Gasteiger partial charge on any atom is 0.241 e. The predicted molar refractivity (Wildman–Crippen MR) is 65.6 cm³/mol. The number of benzene rings is 1. The molecule has 0 saturated carbocycles. The summed E-state index contributed by atoms with van der Waals surface area (Å²) < 4.78 is 5.04. The van der Waals surface area contributed by atoms with E-state index < -0.39 is 6.04 Å². The lowest BCUT2D eigenvalue weighted by Gasteiger charge is -2.12. The number of nitrogens with two attached hydrogens (primary N) is 1. The minimum Gasteiger partial charge on any atom is -0.394 e. The van der Waals surface area contributed by atoms with Crippen molar-refractivity contribution < 1.29 is 14.6 Å². The fourth-order valence-electron chi connectivity index (χ4n) is 1.26. The van der Waals surface area contributed by atoms with Gasteiger partial charge in [-0.05, 0) is 18.6 Å². The molecule has 94 valence electrons. The molecule has 1 atom stereocenters. The SMILES string of the molecule is NC(CCOCCO)C(=O)Nc1ccccc1. The number of hydrogen-bond donors (Lipinski definition) is 3. The topological polar surface area (TPSA) is 84.6 Å². The monoisotopic (exact) mass is 238 g/mol. The highest BCUT2D eigenvalue weighted by molar-refractivity contribution is 5.94. The van der Waals surface area contributed by atoms with Crippen molar-refractivity contribution in [3.63, 3.8) is 0 Å². The van der Waals surface area contributed by atoms with E-state index in [1.807, 2.05) is 18.2 Å². The molecular weight excluding hydrogens is 220 g/mol. The smallest absolute Gasteiger partial charge is 0.241 e. The van der Waals surface area contributed by atoms with E-state index in [0.29, 0.717) is 13.0 Å². The third kappa shape index (κ3) is 5.44. The van der Waals surface area contributed by atoms with Crippen LogP contribution in [0, 0.1) is 0 Å². The van der Waals surface area contributed by atoms with Gasteiger partial charge in [-0.2, -0.15) is 0 Å². The molecule has 0 fully saturated rings. The van der Waals surface area contributed by atoms with Crippen LogP contribution in [-0.2, 0) is 9.53 Å². The largest absolute Gasteiger partial charge is 0.394 e. The lowest BCUT2D eigenvalue weighted by molar-refractivity contribution is -0.117. The average molecular weight is 238 g/mol. The van der Waals surface area contributed by atoms with E-state index in [1.165, 1.54) is 0 Å². The van der Waals surface area contributed by atoms with Gasteiger partial charge in [0.25, 0.3) is 0 Å². The fourth-order valence-corrected chi connectivity index (χ4v) is 1.26. The lowest BCUT2D eigenvalue weighted by Crippen LogP contribution is -2.36. The number of carbonyl (C=O) groups excluding carboxylic acids is 1. The van der Waals surface area contributed by atoms with Gasteiger partial charge in [0.1, 0.15) is 0 Å². The number of aliphatic hydroxyl groups excluding tert-OH is 1. The number of aliphatic hydroxyl groups is 1. The number of carbonyl (C=O) groups is 1. The van der Waals surface area contributed by atoms with Gasteiger partial charge in [0.2, 0.25) is 5.91 Å². The molecule has 0 radical (unpaired) electrons. The zero-order valence-corrected chi connectivity index (χ0v) is 9.63. The highest BCUT2D eigenvalue weighted by Crippen LogP contribution is 2.05. The molecule has 5 heteroatoms. The fraction of sp³-hybridized carbons (Fsp3) is 0.417. The normalized spacial score (nSPS) is 12.1. The van der Waals surface area contributed by atoms with Crippen molar-refractivity contribution in [2.24, 2.45) is 5.73 Å². The Morgan fingerprint density at radius 2 is 2.06 bits per heavy atom. The molecule has 0 saturated heterocycles. The zero-order chi connectivity index (χ0) is 12.5. The van der Waals surface area contributed by atoms with Gasteiger partial charge < -0.3 is 20.9 Å². The molecule has 0 bridgehead atoms. The second kappa shape index (κ2) is 7.78. The molecule has 0 aromatic heterocycles. The molecule has 1 aromatic rings. The average Bonchev–Trinajstić information content (AvgIpc) is 2.35. The molecule has 4 N–H and O–H groups in total. The number of amides is 1. The van der Waals surface area contributed by atoms with Crippen LogP contribution in [0.15, 0.2) is 30.3 Å². The van der Waals surface area contributed by atoms with Crippen LogP contribution in [0.4, 0.5) is 5.69 Å². The van der Waals surface area contributed by atoms with Gasteiger partial charge in [-0.1, -0.05) is 18.2 Å². The van der Waals surface area contributed by atoms with Crippen molar-refractivity contribution in [1.29, 1.82) is 0 Å². The number of anilines is 1. The third-order valence-electron chi connectivity index (χ3n) is 2.19. The first-order valence-corrected chi connectivity index (χ1v) is 5.54. The molecule has 0 spiro atoms. The van der Waals surface area contributed by atoms with Crippen LogP contribution in [0.25, 0.3) is 0 Å². The number of para-hydroxylation sites is 1. The van der Waals surface area contributed by atoms with Gasteiger partial charge in [-0.25, -0.2) is 0 Å². The molecule has 17 heavy (non-hydrogen) atoms. The Labute approximate surface area is 101 Å². The minimum absolute atomic E-state index is 0.0224. The summed E-state index contributed by atoms with van der Waals surface area (Å²) in [6.07, 6.45) is 0.429. The summed E-state index contributed by atoms with van der Waals surface area (Å²) in [7, 11) is 0. The van der Waals surface area contributed by atoms with E-state index in [0.717, 1.165) is 5.69 Å². The highest BCUT2D eigenvalue weighted by atomic mass is 16.5. The molecule has 0 aliphatic rings. The minimum atomic E-state index is -0.603. The standard InChI is InChI=1S/C12H18N2O3/c13-11(6-8-17-9-7-15)12(16)14-10-4-2-1-3-5-10/h1-5,11,15H,6-9,13H2,(H,14,16). The van der Waals surface area contributed by atoms with Crippen LogP contribution in [0.3, 0.4) is 0 Å². The van der Waals surface area contributed by atoms with Crippen molar-refractivity contribution in [2.75, 3.05) is 25.1 Å². The Morgan fingerprint density at radius 3 is 2.71 bits per heavy atom. The third-order valence-corrected chi connectivity index (χ3v) is 2.19. The maximum absolute atomic E-state index is 11.6. The Balaban J connectivity index is 2.27. The summed E-state index contributed by atoms with van der Waals surface area (Å²) in [4.78, 5) is 11.6. The number of rotatable bonds is 7. The summed E-state index contributed by atoms with van der Waals surface area (Å²) in [6, 6.07) is 8.55. The molecule has 0 aliphatic carbocycles. The molecule has 1 aromatic carbocycles. The molecule has 1 amide bonds. The Morgan fingerprint density at radius 1 is 1.35 bits per heavy atom. The van der Waals surface area contributed by atoms with E-state index in [-0.39, 0.29) is 19.1 Å². The van der Waals surface area contributed by atoms with E-state index in [4.69, 9.17) is 15.6 Å². The van der Waals surface area contributed by atoms with Crippen molar-refractivity contribution >= 4 is 11.6 Å². The van der Waals surface area contributed by atoms with E-state index in [1.54, 1.807) is 12.1 Å². The summed E-state index contributed by atoms with van der Waals surface area (Å²) in [6.45, 7) is 0.614. The van der Waals surface area contributed by atoms with Crippen LogP contribution in [-0.4, -0.2) is 36.9 Å². The molecule has 5 nitrogen and oxygen atoms in total. The van der Waals surface area contributed by atoms with Crippen molar-refractivity contribution in [3.8, 4) is 0 Å². The summed E-state index contributed by atoms with van der Waals surface area (Å²) >= 11 is 0. The first-order valence-electron chi connectivity index (χ1n) is 5.54. The second-order valence-electron chi connectivity index (χ2n) is 3.59. The number of hydrogen-bond acceptors (Lipinski definition) is 4. The van der Waals surface area contributed by atoms with Gasteiger partial charge >= 0.3 is 0 Å². The van der Waals surface area contributed by atoms with Crippen LogP contribution in [0.5, 0.6) is 0 Å². The van der Waals surface area contributed by atoms with Gasteiger partial charge in [-0.15, -0.1) is 0 Å². The molecule has 0 aliphatic heterocycles. The van der Waals surface area contributed by atoms with Gasteiger partial charge in [0.15, 0.2) is 0 Å². The molecule has 0 heterocycles. The predicted octanol–water partition coefficient (Wildman–Crippen LogP) is 0.351. The molecular formula is C12H18N2O3. The summed E-state index contributed by atoms with van der Waals surface area (Å²) in [5.74, 6) is -0.233. The van der Waals surface area contributed by atoms with Crippen molar-refractivity contribution in [3.05, 3.63) is 30.3 Å². The van der Waals surface area contributed by atoms with Crippen LogP contribution < -0.4 is 11.1 Å². The maximum atomic E-state index is 11.6. The quantitative estimate of drug-likeness (QED) is 0.598. The molecule has 1 rings (SSSR count). The number of nitrogens with one attached hydrogen (secondary N) is 1. The zero-order valence-electron chi connectivity index (χ0n) is 9.63. The molecule has 1 unspecified atom stereocenters.